The van der Waals surface area contributed by atoms with Gasteiger partial charge in [0.1, 0.15) is 0 Å². The fourth-order valence-corrected chi connectivity index (χ4v) is 3.31. The Morgan fingerprint density at radius 2 is 2.11 bits per heavy atom. The fraction of sp³-hybridized carbons (Fsp3) is 0.625. The van der Waals surface area contributed by atoms with Gasteiger partial charge in [0.05, 0.1) is 5.54 Å². The zero-order chi connectivity index (χ0) is 12.4. The van der Waals surface area contributed by atoms with Crippen LogP contribution < -0.4 is 11.1 Å². The zero-order valence-corrected chi connectivity index (χ0v) is 11.1. The number of hydrogen-bond donors (Lipinski definition) is 2. The van der Waals surface area contributed by atoms with Crippen LogP contribution in [-0.4, -0.2) is 13.1 Å². The summed E-state index contributed by atoms with van der Waals surface area (Å²) >= 11 is 0. The zero-order valence-electron chi connectivity index (χ0n) is 11.1. The topological polar surface area (TPSA) is 38.0 Å². The smallest absolute Gasteiger partial charge is 0.0561 e. The first-order valence-corrected chi connectivity index (χ1v) is 7.37. The van der Waals surface area contributed by atoms with Gasteiger partial charge in [-0.1, -0.05) is 37.1 Å². The van der Waals surface area contributed by atoms with Gasteiger partial charge in [0.2, 0.25) is 0 Å². The van der Waals surface area contributed by atoms with Gasteiger partial charge in [-0.3, -0.25) is 0 Å². The average Bonchev–Trinajstić information content (AvgIpc) is 3.23. The molecule has 0 amide bonds. The Bertz CT molecular complexity index is 411. The van der Waals surface area contributed by atoms with Crippen LogP contribution in [0.1, 0.15) is 43.2 Å². The fourth-order valence-electron chi connectivity index (χ4n) is 3.31. The molecule has 2 nitrogen and oxygen atoms in total. The highest BCUT2D eigenvalue weighted by molar-refractivity contribution is 5.36. The molecule has 0 aromatic heterocycles. The molecule has 0 bridgehead atoms. The van der Waals surface area contributed by atoms with Gasteiger partial charge in [-0.15, -0.1) is 0 Å². The molecule has 1 atom stereocenters. The third-order valence-corrected chi connectivity index (χ3v) is 4.64. The van der Waals surface area contributed by atoms with Gasteiger partial charge in [-0.25, -0.2) is 0 Å². The van der Waals surface area contributed by atoms with Crippen molar-refractivity contribution < 1.29 is 0 Å². The molecule has 1 fully saturated rings. The van der Waals surface area contributed by atoms with Crippen molar-refractivity contribution in [1.29, 1.82) is 0 Å². The van der Waals surface area contributed by atoms with E-state index in [1.807, 2.05) is 0 Å². The van der Waals surface area contributed by atoms with Gasteiger partial charge in [0, 0.05) is 6.54 Å². The highest BCUT2D eigenvalue weighted by atomic mass is 15.0. The highest BCUT2D eigenvalue weighted by Crippen LogP contribution is 2.36. The molecule has 2 heteroatoms. The van der Waals surface area contributed by atoms with Crippen molar-refractivity contribution in [3.8, 4) is 0 Å². The number of nitrogens with one attached hydrogen (secondary N) is 1. The minimum atomic E-state index is 0.0454. The summed E-state index contributed by atoms with van der Waals surface area (Å²) in [5.41, 5.74) is 9.12. The van der Waals surface area contributed by atoms with Crippen molar-refractivity contribution in [2.45, 2.75) is 44.1 Å². The van der Waals surface area contributed by atoms with Crippen molar-refractivity contribution >= 4 is 0 Å². The maximum Gasteiger partial charge on any atom is 0.0561 e. The van der Waals surface area contributed by atoms with Crippen LogP contribution in [-0.2, 0) is 12.0 Å². The minimum absolute atomic E-state index is 0.0454. The summed E-state index contributed by atoms with van der Waals surface area (Å²) in [7, 11) is 0. The first-order chi connectivity index (χ1) is 8.84. The molecule has 1 aromatic carbocycles. The molecule has 0 saturated heterocycles. The maximum atomic E-state index is 6.12. The Morgan fingerprint density at radius 3 is 2.89 bits per heavy atom. The molecule has 3 rings (SSSR count). The summed E-state index contributed by atoms with van der Waals surface area (Å²) in [6.07, 6.45) is 7.85. The predicted molar refractivity (Wildman–Crippen MR) is 75.5 cm³/mol. The number of fused-ring (bicyclic) bond motifs is 1. The van der Waals surface area contributed by atoms with Crippen LogP contribution in [0.4, 0.5) is 0 Å². The normalized spacial score (nSPS) is 26.9. The van der Waals surface area contributed by atoms with E-state index in [1.165, 1.54) is 49.7 Å². The second kappa shape index (κ2) is 5.02. The summed E-state index contributed by atoms with van der Waals surface area (Å²) in [5.74, 6) is 0.992. The van der Waals surface area contributed by atoms with Crippen LogP contribution in [0.15, 0.2) is 24.3 Å². The molecule has 0 radical (unpaired) electrons. The molecule has 18 heavy (non-hydrogen) atoms. The number of aryl methyl sites for hydroxylation is 1. The van der Waals surface area contributed by atoms with Gasteiger partial charge < -0.3 is 11.1 Å². The highest BCUT2D eigenvalue weighted by Gasteiger charge is 2.34. The number of nitrogens with two attached hydrogens (primary N) is 1. The molecular weight excluding hydrogens is 220 g/mol. The van der Waals surface area contributed by atoms with E-state index in [1.54, 1.807) is 0 Å². The molecule has 98 valence electrons. The lowest BCUT2D eigenvalue weighted by Crippen LogP contribution is -2.50. The minimum Gasteiger partial charge on any atom is -0.328 e. The van der Waals surface area contributed by atoms with Gasteiger partial charge >= 0.3 is 0 Å². The molecule has 2 aliphatic carbocycles. The van der Waals surface area contributed by atoms with Crippen LogP contribution >= 0.6 is 0 Å². The SMILES string of the molecule is NCC1(NCCC2CC2)CCCc2ccccc21. The molecule has 0 heterocycles. The van der Waals surface area contributed by atoms with E-state index in [2.05, 4.69) is 29.6 Å². The number of rotatable bonds is 5. The Balaban J connectivity index is 1.77. The monoisotopic (exact) mass is 244 g/mol. The molecule has 0 spiro atoms. The standard InChI is InChI=1S/C16H24N2/c17-12-16(18-11-9-13-7-8-13)10-3-5-14-4-1-2-6-15(14)16/h1-2,4,6,13,18H,3,5,7-12,17H2. The quantitative estimate of drug-likeness (QED) is 0.835. The van der Waals surface area contributed by atoms with Crippen molar-refractivity contribution in [2.24, 2.45) is 11.7 Å². The van der Waals surface area contributed by atoms with E-state index in [4.69, 9.17) is 5.73 Å². The lowest BCUT2D eigenvalue weighted by atomic mass is 9.76. The summed E-state index contributed by atoms with van der Waals surface area (Å²) in [4.78, 5) is 0. The molecule has 2 aliphatic rings. The van der Waals surface area contributed by atoms with Crippen LogP contribution in [0.3, 0.4) is 0 Å². The number of hydrogen-bond acceptors (Lipinski definition) is 2. The first-order valence-electron chi connectivity index (χ1n) is 7.37. The van der Waals surface area contributed by atoms with Crippen molar-refractivity contribution in [2.75, 3.05) is 13.1 Å². The number of benzene rings is 1. The maximum absolute atomic E-state index is 6.12. The van der Waals surface area contributed by atoms with Crippen LogP contribution in [0.25, 0.3) is 0 Å². The van der Waals surface area contributed by atoms with Crippen molar-refractivity contribution in [3.05, 3.63) is 35.4 Å². The third-order valence-electron chi connectivity index (χ3n) is 4.64. The second-order valence-corrected chi connectivity index (χ2v) is 5.96. The Hall–Kier alpha value is -0.860. The van der Waals surface area contributed by atoms with E-state index in [9.17, 15) is 0 Å². The summed E-state index contributed by atoms with van der Waals surface area (Å²) in [5, 5.41) is 3.79. The molecule has 1 unspecified atom stereocenters. The largest absolute Gasteiger partial charge is 0.328 e. The predicted octanol–water partition coefficient (Wildman–Crippen LogP) is 2.57. The van der Waals surface area contributed by atoms with E-state index >= 15 is 0 Å². The first kappa shape index (κ1) is 12.2. The molecule has 0 aliphatic heterocycles. The average molecular weight is 244 g/mol. The van der Waals surface area contributed by atoms with E-state index in [0.29, 0.717) is 6.54 Å². The van der Waals surface area contributed by atoms with E-state index in [0.717, 1.165) is 12.5 Å². The third kappa shape index (κ3) is 2.32. The van der Waals surface area contributed by atoms with Gasteiger partial charge in [0.15, 0.2) is 0 Å². The van der Waals surface area contributed by atoms with Crippen LogP contribution in [0.5, 0.6) is 0 Å². The Morgan fingerprint density at radius 1 is 1.28 bits per heavy atom. The van der Waals surface area contributed by atoms with E-state index in [-0.39, 0.29) is 5.54 Å². The summed E-state index contributed by atoms with van der Waals surface area (Å²) in [6.45, 7) is 1.84. The Labute approximate surface area is 110 Å². The molecule has 1 aromatic rings. The molecule has 3 N–H and O–H groups in total. The van der Waals surface area contributed by atoms with Gasteiger partial charge in [-0.2, -0.15) is 0 Å². The van der Waals surface area contributed by atoms with Crippen LogP contribution in [0.2, 0.25) is 0 Å². The van der Waals surface area contributed by atoms with Crippen molar-refractivity contribution in [3.63, 3.8) is 0 Å². The second-order valence-electron chi connectivity index (χ2n) is 5.96. The molecular formula is C16H24N2. The van der Waals surface area contributed by atoms with Crippen LogP contribution in [0, 0.1) is 5.92 Å². The molecule has 1 saturated carbocycles. The Kier molecular flexibility index (Phi) is 3.40. The summed E-state index contributed by atoms with van der Waals surface area (Å²) < 4.78 is 0. The lowest BCUT2D eigenvalue weighted by Gasteiger charge is -2.39. The van der Waals surface area contributed by atoms with E-state index < -0.39 is 0 Å². The van der Waals surface area contributed by atoms with Gasteiger partial charge in [0.25, 0.3) is 0 Å². The van der Waals surface area contributed by atoms with Gasteiger partial charge in [-0.05, 0) is 49.3 Å². The summed E-state index contributed by atoms with van der Waals surface area (Å²) in [6, 6.07) is 8.83. The lowest BCUT2D eigenvalue weighted by molar-refractivity contribution is 0.289. The van der Waals surface area contributed by atoms with Crippen molar-refractivity contribution in [1.82, 2.24) is 5.32 Å².